The molecule has 2 N–H and O–H groups in total. The minimum absolute atomic E-state index is 0.132. The smallest absolute Gasteiger partial charge is 0.257 e. The zero-order chi connectivity index (χ0) is 20.2. The topological polar surface area (TPSA) is 113 Å². The standard InChI is InChI=1S/C20H21N5O4/c1-28-16-7-3-2-6-15(16)17-21-20(24-23-17)22-18(26)13-5-4-9-25(11-13)19(27)14-8-10-29-12-14/h2-3,6-8,10,12-13H,4-5,9,11H2,1H3,(H2,21,22,23,24,26). The summed E-state index contributed by atoms with van der Waals surface area (Å²) in [5.74, 6) is 0.676. The van der Waals surface area contributed by atoms with Crippen LogP contribution in [0.3, 0.4) is 0 Å². The van der Waals surface area contributed by atoms with E-state index in [-0.39, 0.29) is 23.7 Å². The molecular formula is C20H21N5O4. The number of aromatic nitrogens is 3. The Kier molecular flexibility index (Phi) is 5.28. The molecular weight excluding hydrogens is 374 g/mol. The van der Waals surface area contributed by atoms with Crippen molar-refractivity contribution in [3.8, 4) is 17.1 Å². The monoisotopic (exact) mass is 395 g/mol. The molecule has 1 atom stereocenters. The molecule has 0 bridgehead atoms. The van der Waals surface area contributed by atoms with E-state index < -0.39 is 0 Å². The number of anilines is 1. The molecule has 0 saturated carbocycles. The number of carbonyl (C=O) groups excluding carboxylic acids is 2. The van der Waals surface area contributed by atoms with Crippen molar-refractivity contribution in [2.45, 2.75) is 12.8 Å². The molecule has 3 heterocycles. The van der Waals surface area contributed by atoms with Gasteiger partial charge in [0.25, 0.3) is 5.91 Å². The number of methoxy groups -OCH3 is 1. The molecule has 0 spiro atoms. The van der Waals surface area contributed by atoms with Gasteiger partial charge in [0.15, 0.2) is 5.82 Å². The number of H-pyrrole nitrogens is 1. The summed E-state index contributed by atoms with van der Waals surface area (Å²) in [6.45, 7) is 0.964. The molecule has 4 rings (SSSR count). The van der Waals surface area contributed by atoms with Crippen LogP contribution in [-0.2, 0) is 4.79 Å². The van der Waals surface area contributed by atoms with Crippen LogP contribution in [0.15, 0.2) is 47.3 Å². The molecule has 29 heavy (non-hydrogen) atoms. The predicted octanol–water partition coefficient (Wildman–Crippen LogP) is 2.56. The molecule has 3 aromatic rings. The Balaban J connectivity index is 1.42. The first-order valence-corrected chi connectivity index (χ1v) is 9.34. The number of aromatic amines is 1. The van der Waals surface area contributed by atoms with E-state index in [0.29, 0.717) is 36.6 Å². The highest BCUT2D eigenvalue weighted by Crippen LogP contribution is 2.27. The summed E-state index contributed by atoms with van der Waals surface area (Å²) >= 11 is 0. The van der Waals surface area contributed by atoms with Gasteiger partial charge in [-0.2, -0.15) is 4.98 Å². The molecule has 1 saturated heterocycles. The average Bonchev–Trinajstić information content (AvgIpc) is 3.45. The van der Waals surface area contributed by atoms with E-state index in [1.807, 2.05) is 24.3 Å². The summed E-state index contributed by atoms with van der Waals surface area (Å²) in [6.07, 6.45) is 4.33. The molecule has 9 heteroatoms. The second-order valence-electron chi connectivity index (χ2n) is 6.80. The summed E-state index contributed by atoms with van der Waals surface area (Å²) in [4.78, 5) is 31.2. The van der Waals surface area contributed by atoms with Crippen LogP contribution in [0.1, 0.15) is 23.2 Å². The van der Waals surface area contributed by atoms with E-state index >= 15 is 0 Å². The van der Waals surface area contributed by atoms with Crippen molar-refractivity contribution < 1.29 is 18.7 Å². The number of para-hydroxylation sites is 1. The van der Waals surface area contributed by atoms with E-state index in [2.05, 4.69) is 20.5 Å². The number of ether oxygens (including phenoxy) is 1. The lowest BCUT2D eigenvalue weighted by Crippen LogP contribution is -2.43. The van der Waals surface area contributed by atoms with Gasteiger partial charge in [0.1, 0.15) is 12.0 Å². The molecule has 1 unspecified atom stereocenters. The molecule has 1 fully saturated rings. The van der Waals surface area contributed by atoms with Crippen LogP contribution in [0, 0.1) is 5.92 Å². The lowest BCUT2D eigenvalue weighted by molar-refractivity contribution is -0.121. The molecule has 0 aliphatic carbocycles. The third-order valence-electron chi connectivity index (χ3n) is 4.93. The predicted molar refractivity (Wildman–Crippen MR) is 104 cm³/mol. The molecule has 9 nitrogen and oxygen atoms in total. The number of nitrogens with zero attached hydrogens (tertiary/aromatic N) is 3. The van der Waals surface area contributed by atoms with Crippen LogP contribution in [-0.4, -0.2) is 52.1 Å². The fourth-order valence-corrected chi connectivity index (χ4v) is 3.44. The summed E-state index contributed by atoms with van der Waals surface area (Å²) in [5, 5.41) is 9.64. The highest BCUT2D eigenvalue weighted by atomic mass is 16.5. The quantitative estimate of drug-likeness (QED) is 0.686. The number of furan rings is 1. The highest BCUT2D eigenvalue weighted by molar-refractivity contribution is 5.95. The van der Waals surface area contributed by atoms with E-state index in [1.54, 1.807) is 18.1 Å². The van der Waals surface area contributed by atoms with Gasteiger partial charge < -0.3 is 14.1 Å². The van der Waals surface area contributed by atoms with Crippen molar-refractivity contribution in [3.63, 3.8) is 0 Å². The van der Waals surface area contributed by atoms with Crippen molar-refractivity contribution >= 4 is 17.8 Å². The Morgan fingerprint density at radius 3 is 2.97 bits per heavy atom. The summed E-state index contributed by atoms with van der Waals surface area (Å²) < 4.78 is 10.3. The largest absolute Gasteiger partial charge is 0.496 e. The maximum atomic E-state index is 12.7. The molecule has 0 radical (unpaired) electrons. The van der Waals surface area contributed by atoms with Gasteiger partial charge >= 0.3 is 0 Å². The van der Waals surface area contributed by atoms with Gasteiger partial charge in [0.05, 0.1) is 30.4 Å². The fraction of sp³-hybridized carbons (Fsp3) is 0.300. The Bertz CT molecular complexity index is 998. The van der Waals surface area contributed by atoms with E-state index in [1.165, 1.54) is 12.5 Å². The van der Waals surface area contributed by atoms with Crippen LogP contribution in [0.5, 0.6) is 5.75 Å². The second-order valence-corrected chi connectivity index (χ2v) is 6.80. The molecule has 150 valence electrons. The number of rotatable bonds is 5. The first-order valence-electron chi connectivity index (χ1n) is 9.34. The van der Waals surface area contributed by atoms with Crippen molar-refractivity contribution in [2.24, 2.45) is 5.92 Å². The number of hydrogen-bond donors (Lipinski definition) is 2. The van der Waals surface area contributed by atoms with Gasteiger partial charge in [-0.3, -0.25) is 20.0 Å². The number of hydrogen-bond acceptors (Lipinski definition) is 6. The van der Waals surface area contributed by atoms with Gasteiger partial charge in [-0.25, -0.2) is 0 Å². The van der Waals surface area contributed by atoms with Crippen LogP contribution < -0.4 is 10.1 Å². The Hall–Kier alpha value is -3.62. The Labute approximate surface area is 167 Å². The number of nitrogens with one attached hydrogen (secondary N) is 2. The van der Waals surface area contributed by atoms with E-state index in [9.17, 15) is 9.59 Å². The maximum Gasteiger partial charge on any atom is 0.257 e. The lowest BCUT2D eigenvalue weighted by atomic mass is 9.96. The van der Waals surface area contributed by atoms with Crippen molar-refractivity contribution in [1.29, 1.82) is 0 Å². The van der Waals surface area contributed by atoms with Gasteiger partial charge in [0.2, 0.25) is 11.9 Å². The molecule has 1 aliphatic rings. The Morgan fingerprint density at radius 1 is 1.31 bits per heavy atom. The molecule has 2 amide bonds. The number of amides is 2. The van der Waals surface area contributed by atoms with Crippen molar-refractivity contribution in [3.05, 3.63) is 48.4 Å². The van der Waals surface area contributed by atoms with Gasteiger partial charge in [-0.05, 0) is 31.0 Å². The highest BCUT2D eigenvalue weighted by Gasteiger charge is 2.30. The summed E-state index contributed by atoms with van der Waals surface area (Å²) in [5.41, 5.74) is 1.24. The maximum absolute atomic E-state index is 12.7. The van der Waals surface area contributed by atoms with Crippen molar-refractivity contribution in [1.82, 2.24) is 20.1 Å². The molecule has 1 aromatic carbocycles. The first kappa shape index (κ1) is 18.7. The van der Waals surface area contributed by atoms with Crippen LogP contribution in [0.2, 0.25) is 0 Å². The minimum Gasteiger partial charge on any atom is -0.496 e. The number of carbonyl (C=O) groups is 2. The normalized spacial score (nSPS) is 16.4. The number of benzene rings is 1. The first-order chi connectivity index (χ1) is 14.2. The van der Waals surface area contributed by atoms with Crippen LogP contribution in [0.4, 0.5) is 5.95 Å². The van der Waals surface area contributed by atoms with Crippen LogP contribution >= 0.6 is 0 Å². The van der Waals surface area contributed by atoms with Crippen molar-refractivity contribution in [2.75, 3.05) is 25.5 Å². The Morgan fingerprint density at radius 2 is 2.17 bits per heavy atom. The molecule has 2 aromatic heterocycles. The van der Waals surface area contributed by atoms with Crippen LogP contribution in [0.25, 0.3) is 11.4 Å². The molecule has 1 aliphatic heterocycles. The zero-order valence-electron chi connectivity index (χ0n) is 15.9. The second kappa shape index (κ2) is 8.17. The number of piperidine rings is 1. The summed E-state index contributed by atoms with van der Waals surface area (Å²) in [6, 6.07) is 9.03. The van der Waals surface area contributed by atoms with Gasteiger partial charge in [-0.1, -0.05) is 12.1 Å². The third-order valence-corrected chi connectivity index (χ3v) is 4.93. The average molecular weight is 395 g/mol. The SMILES string of the molecule is COc1ccccc1-c1nc(NC(=O)C2CCCN(C(=O)c3ccoc3)C2)n[nH]1. The lowest BCUT2D eigenvalue weighted by Gasteiger charge is -2.31. The van der Waals surface area contributed by atoms with E-state index in [0.717, 1.165) is 12.0 Å². The van der Waals surface area contributed by atoms with E-state index in [4.69, 9.17) is 9.15 Å². The van der Waals surface area contributed by atoms with Gasteiger partial charge in [0, 0.05) is 13.1 Å². The minimum atomic E-state index is -0.326. The van der Waals surface area contributed by atoms with Gasteiger partial charge in [-0.15, -0.1) is 5.10 Å². The zero-order valence-corrected chi connectivity index (χ0v) is 15.9. The fourth-order valence-electron chi connectivity index (χ4n) is 3.44. The third kappa shape index (κ3) is 3.98. The summed E-state index contributed by atoms with van der Waals surface area (Å²) in [7, 11) is 1.58. The number of likely N-dealkylation sites (tertiary alicyclic amines) is 1.